The number of thioether (sulfide) groups is 1. The molecule has 34 heavy (non-hydrogen) atoms. The van der Waals surface area contributed by atoms with Crippen LogP contribution in [0.5, 0.6) is 5.75 Å². The van der Waals surface area contributed by atoms with Crippen molar-refractivity contribution < 1.29 is 19.1 Å². The monoisotopic (exact) mass is 477 g/mol. The minimum Gasteiger partial charge on any atom is -0.497 e. The van der Waals surface area contributed by atoms with E-state index in [0.29, 0.717) is 28.7 Å². The lowest BCUT2D eigenvalue weighted by Gasteiger charge is -2.37. The Bertz CT molecular complexity index is 1170. The van der Waals surface area contributed by atoms with Gasteiger partial charge in [-0.2, -0.15) is 0 Å². The molecule has 0 saturated carbocycles. The summed E-state index contributed by atoms with van der Waals surface area (Å²) in [5.74, 6) is 0.147. The number of hydrogen-bond donors (Lipinski definition) is 1. The number of fused-ring (bicyclic) bond motifs is 1. The Morgan fingerprint density at radius 3 is 2.62 bits per heavy atom. The van der Waals surface area contributed by atoms with Gasteiger partial charge in [0.2, 0.25) is 5.91 Å². The summed E-state index contributed by atoms with van der Waals surface area (Å²) in [5.41, 5.74) is 3.43. The Balaban J connectivity index is 1.91. The highest BCUT2D eigenvalue weighted by Gasteiger charge is 2.42. The van der Waals surface area contributed by atoms with Crippen LogP contribution in [0.3, 0.4) is 0 Å². The number of esters is 1. The number of carbonyl (C=O) groups is 2. The molecule has 176 valence electrons. The van der Waals surface area contributed by atoms with E-state index in [1.54, 1.807) is 14.0 Å². The molecule has 8 heteroatoms. The predicted molar refractivity (Wildman–Crippen MR) is 134 cm³/mol. The highest BCUT2D eigenvalue weighted by atomic mass is 32.2. The first-order valence-electron chi connectivity index (χ1n) is 11.2. The Hall–Kier alpha value is -3.52. The van der Waals surface area contributed by atoms with Crippen LogP contribution in [-0.4, -0.2) is 42.2 Å². The number of nitrogens with zero attached hydrogens (tertiary/aromatic N) is 2. The van der Waals surface area contributed by atoms with Crippen molar-refractivity contribution in [2.24, 2.45) is 4.99 Å². The maximum atomic E-state index is 13.4. The zero-order chi connectivity index (χ0) is 24.1. The third-order valence-corrected chi connectivity index (χ3v) is 6.37. The lowest BCUT2D eigenvalue weighted by molar-refractivity contribution is -0.139. The first kappa shape index (κ1) is 23.6. The van der Waals surface area contributed by atoms with Crippen LogP contribution >= 0.6 is 11.8 Å². The van der Waals surface area contributed by atoms with Gasteiger partial charge in [0.05, 0.1) is 37.4 Å². The number of amidine groups is 1. The van der Waals surface area contributed by atoms with Crippen molar-refractivity contribution in [3.63, 3.8) is 0 Å². The molecule has 2 aromatic carbocycles. The van der Waals surface area contributed by atoms with Crippen LogP contribution in [-0.2, 0) is 14.3 Å². The number of nitrogens with one attached hydrogen (secondary N) is 1. The van der Waals surface area contributed by atoms with Gasteiger partial charge in [-0.3, -0.25) is 4.79 Å². The number of rotatable bonds is 8. The predicted octanol–water partition coefficient (Wildman–Crippen LogP) is 4.50. The number of carbonyl (C=O) groups excluding carboxylic acids is 2. The Kier molecular flexibility index (Phi) is 7.37. The molecule has 0 saturated heterocycles. The molecule has 0 bridgehead atoms. The van der Waals surface area contributed by atoms with Gasteiger partial charge < -0.3 is 19.7 Å². The van der Waals surface area contributed by atoms with Crippen molar-refractivity contribution in [1.82, 2.24) is 10.2 Å². The standard InChI is InChI=1S/C26H27N3O4S/c1-4-27-21(30)15-19-16-34-26-28-23(17-10-7-6-8-11-17)22(25(31)33-5-2)24(29(19)26)18-12-9-13-20(14-18)32-3/h6-14,16,24H,4-5,15H2,1-3H3,(H,27,30). The van der Waals surface area contributed by atoms with Crippen LogP contribution < -0.4 is 10.1 Å². The fourth-order valence-corrected chi connectivity index (χ4v) is 4.96. The van der Waals surface area contributed by atoms with Gasteiger partial charge in [-0.1, -0.05) is 54.2 Å². The summed E-state index contributed by atoms with van der Waals surface area (Å²) in [5, 5.41) is 5.49. The summed E-state index contributed by atoms with van der Waals surface area (Å²) in [4.78, 5) is 32.8. The summed E-state index contributed by atoms with van der Waals surface area (Å²) < 4.78 is 11.0. The number of amides is 1. The number of aliphatic imine (C=N–C) groups is 1. The summed E-state index contributed by atoms with van der Waals surface area (Å²) in [6, 6.07) is 16.7. The number of hydrogen-bond acceptors (Lipinski definition) is 7. The molecule has 0 fully saturated rings. The summed E-state index contributed by atoms with van der Waals surface area (Å²) in [7, 11) is 1.61. The molecule has 1 N–H and O–H groups in total. The van der Waals surface area contributed by atoms with Gasteiger partial charge in [0.1, 0.15) is 5.75 Å². The molecule has 7 nitrogen and oxygen atoms in total. The molecular formula is C26H27N3O4S. The van der Waals surface area contributed by atoms with Crippen molar-refractivity contribution >= 4 is 34.5 Å². The van der Waals surface area contributed by atoms with Gasteiger partial charge in [-0.15, -0.1) is 0 Å². The number of ether oxygens (including phenoxy) is 2. The summed E-state index contributed by atoms with van der Waals surface area (Å²) in [6.07, 6.45) is 0.178. The van der Waals surface area contributed by atoms with E-state index in [1.807, 2.05) is 71.8 Å². The largest absolute Gasteiger partial charge is 0.497 e. The van der Waals surface area contributed by atoms with Gasteiger partial charge in [0.15, 0.2) is 5.17 Å². The smallest absolute Gasteiger partial charge is 0.338 e. The fourth-order valence-electron chi connectivity index (χ4n) is 4.04. The average molecular weight is 478 g/mol. The van der Waals surface area contributed by atoms with E-state index in [9.17, 15) is 9.59 Å². The first-order chi connectivity index (χ1) is 16.6. The van der Waals surface area contributed by atoms with E-state index < -0.39 is 12.0 Å². The molecule has 2 aliphatic heterocycles. The van der Waals surface area contributed by atoms with Gasteiger partial charge in [-0.25, -0.2) is 9.79 Å². The molecule has 2 aliphatic rings. The van der Waals surface area contributed by atoms with Crippen molar-refractivity contribution in [2.75, 3.05) is 20.3 Å². The highest BCUT2D eigenvalue weighted by Crippen LogP contribution is 2.47. The first-order valence-corrected chi connectivity index (χ1v) is 12.1. The van der Waals surface area contributed by atoms with Crippen molar-refractivity contribution in [1.29, 1.82) is 0 Å². The summed E-state index contributed by atoms with van der Waals surface area (Å²) >= 11 is 1.44. The van der Waals surface area contributed by atoms with E-state index in [-0.39, 0.29) is 18.9 Å². The molecular weight excluding hydrogens is 450 g/mol. The van der Waals surface area contributed by atoms with E-state index in [1.165, 1.54) is 11.8 Å². The minimum atomic E-state index is -0.535. The van der Waals surface area contributed by atoms with Gasteiger partial charge in [-0.05, 0) is 37.0 Å². The van der Waals surface area contributed by atoms with E-state index >= 15 is 0 Å². The molecule has 4 rings (SSSR count). The zero-order valence-electron chi connectivity index (χ0n) is 19.4. The molecule has 1 unspecified atom stereocenters. The van der Waals surface area contributed by atoms with Crippen LogP contribution in [0.4, 0.5) is 0 Å². The molecule has 1 amide bonds. The lowest BCUT2D eigenvalue weighted by atomic mass is 9.91. The van der Waals surface area contributed by atoms with Crippen LogP contribution in [0, 0.1) is 0 Å². The van der Waals surface area contributed by atoms with Crippen LogP contribution in [0.15, 0.2) is 76.3 Å². The second-order valence-corrected chi connectivity index (χ2v) is 8.49. The maximum absolute atomic E-state index is 13.4. The Labute approximate surface area is 203 Å². The molecule has 2 aromatic rings. The van der Waals surface area contributed by atoms with Gasteiger partial charge in [0, 0.05) is 17.8 Å². The van der Waals surface area contributed by atoms with Crippen molar-refractivity contribution in [3.05, 3.63) is 82.4 Å². The SMILES string of the molecule is CCNC(=O)CC1=CSC2=NC(c3ccccc3)=C(C(=O)OCC)C(c3cccc(OC)c3)N12. The highest BCUT2D eigenvalue weighted by molar-refractivity contribution is 8.16. The quantitative estimate of drug-likeness (QED) is 0.564. The van der Waals surface area contributed by atoms with Gasteiger partial charge in [0.25, 0.3) is 0 Å². The topological polar surface area (TPSA) is 80.2 Å². The second-order valence-electron chi connectivity index (χ2n) is 7.65. The maximum Gasteiger partial charge on any atom is 0.338 e. The molecule has 0 spiro atoms. The minimum absolute atomic E-state index is 0.0875. The molecule has 0 aliphatic carbocycles. The lowest BCUT2D eigenvalue weighted by Crippen LogP contribution is -2.38. The molecule has 1 atom stereocenters. The zero-order valence-corrected chi connectivity index (χ0v) is 20.2. The second kappa shape index (κ2) is 10.6. The molecule has 0 radical (unpaired) electrons. The fraction of sp³-hybridized carbons (Fsp3) is 0.269. The molecule has 2 heterocycles. The van der Waals surface area contributed by atoms with E-state index in [2.05, 4.69) is 5.32 Å². The third-order valence-electron chi connectivity index (χ3n) is 5.48. The Morgan fingerprint density at radius 2 is 1.91 bits per heavy atom. The number of benzene rings is 2. The summed E-state index contributed by atoms with van der Waals surface area (Å²) in [6.45, 7) is 4.45. The van der Waals surface area contributed by atoms with E-state index in [4.69, 9.17) is 14.5 Å². The van der Waals surface area contributed by atoms with Crippen LogP contribution in [0.25, 0.3) is 5.70 Å². The van der Waals surface area contributed by atoms with Crippen molar-refractivity contribution in [3.8, 4) is 5.75 Å². The Morgan fingerprint density at radius 1 is 1.12 bits per heavy atom. The van der Waals surface area contributed by atoms with Crippen LogP contribution in [0.1, 0.15) is 37.4 Å². The third kappa shape index (κ3) is 4.72. The van der Waals surface area contributed by atoms with Gasteiger partial charge >= 0.3 is 5.97 Å². The van der Waals surface area contributed by atoms with Crippen molar-refractivity contribution in [2.45, 2.75) is 26.3 Å². The average Bonchev–Trinajstić information content (AvgIpc) is 3.25. The van der Waals surface area contributed by atoms with Crippen LogP contribution in [0.2, 0.25) is 0 Å². The number of methoxy groups -OCH3 is 1. The van der Waals surface area contributed by atoms with E-state index in [0.717, 1.165) is 16.8 Å². The normalized spacial score (nSPS) is 17.0. The molecule has 0 aromatic heterocycles.